The van der Waals surface area contributed by atoms with Crippen LogP contribution in [0.25, 0.3) is 22.5 Å². The van der Waals surface area contributed by atoms with E-state index in [9.17, 15) is 5.26 Å². The molecule has 2 aromatic carbocycles. The van der Waals surface area contributed by atoms with Crippen LogP contribution < -0.4 is 0 Å². The third-order valence-electron chi connectivity index (χ3n) is 4.22. The van der Waals surface area contributed by atoms with Gasteiger partial charge in [-0.05, 0) is 0 Å². The first-order chi connectivity index (χ1) is 13.4. The van der Waals surface area contributed by atoms with Gasteiger partial charge in [-0.1, -0.05) is 60.7 Å². The largest absolute Gasteiger partial charge is 0.256 e. The number of nitrogens with zero attached hydrogens (tertiary/aromatic N) is 5. The number of nitriles is 1. The second-order valence-electron chi connectivity index (χ2n) is 5.87. The van der Waals surface area contributed by atoms with Crippen molar-refractivity contribution in [2.24, 2.45) is 0 Å². The highest BCUT2D eigenvalue weighted by atomic mass is 14.8. The van der Waals surface area contributed by atoms with Gasteiger partial charge in [-0.25, -0.2) is 0 Å². The number of aromatic nitrogens is 4. The Kier molecular flexibility index (Phi) is 4.62. The first-order valence-electron chi connectivity index (χ1n) is 8.50. The van der Waals surface area contributed by atoms with E-state index in [-0.39, 0.29) is 0 Å². The summed E-state index contributed by atoms with van der Waals surface area (Å²) in [7, 11) is 0. The van der Waals surface area contributed by atoms with Crippen molar-refractivity contribution in [3.63, 3.8) is 0 Å². The van der Waals surface area contributed by atoms with E-state index < -0.39 is 5.92 Å². The SMILES string of the molecule is N#CC(c1nccnc1-c1ccccc1)c1nccnc1-c1ccccc1. The minimum absolute atomic E-state index is 0.573. The Morgan fingerprint density at radius 3 is 1.41 bits per heavy atom. The van der Waals surface area contributed by atoms with E-state index in [1.807, 2.05) is 60.7 Å². The molecule has 4 rings (SSSR count). The summed E-state index contributed by atoms with van der Waals surface area (Å²) in [5.41, 5.74) is 4.31. The molecule has 0 bridgehead atoms. The first-order valence-corrected chi connectivity index (χ1v) is 8.50. The van der Waals surface area contributed by atoms with Crippen LogP contribution in [0, 0.1) is 11.3 Å². The van der Waals surface area contributed by atoms with Crippen molar-refractivity contribution in [2.75, 3.05) is 0 Å². The van der Waals surface area contributed by atoms with Crippen LogP contribution in [0.2, 0.25) is 0 Å². The molecule has 0 atom stereocenters. The fourth-order valence-electron chi connectivity index (χ4n) is 3.01. The van der Waals surface area contributed by atoms with Gasteiger partial charge in [0.05, 0.1) is 28.8 Å². The Labute approximate surface area is 157 Å². The fourth-order valence-corrected chi connectivity index (χ4v) is 3.01. The topological polar surface area (TPSA) is 75.3 Å². The van der Waals surface area contributed by atoms with E-state index in [4.69, 9.17) is 0 Å². The van der Waals surface area contributed by atoms with E-state index in [0.717, 1.165) is 11.1 Å². The quantitative estimate of drug-likeness (QED) is 0.550. The van der Waals surface area contributed by atoms with Gasteiger partial charge < -0.3 is 0 Å². The van der Waals surface area contributed by atoms with Crippen LogP contribution in [0.5, 0.6) is 0 Å². The summed E-state index contributed by atoms with van der Waals surface area (Å²) >= 11 is 0. The van der Waals surface area contributed by atoms with Crippen molar-refractivity contribution in [1.29, 1.82) is 5.26 Å². The summed E-state index contributed by atoms with van der Waals surface area (Å²) in [4.78, 5) is 17.9. The van der Waals surface area contributed by atoms with E-state index in [0.29, 0.717) is 22.8 Å². The highest BCUT2D eigenvalue weighted by Crippen LogP contribution is 2.33. The van der Waals surface area contributed by atoms with Crippen molar-refractivity contribution >= 4 is 0 Å². The van der Waals surface area contributed by atoms with Gasteiger partial charge in [0.2, 0.25) is 0 Å². The molecular formula is C22H15N5. The summed E-state index contributed by atoms with van der Waals surface area (Å²) in [5, 5.41) is 9.99. The Balaban J connectivity index is 1.88. The normalized spacial score (nSPS) is 10.5. The number of benzene rings is 2. The highest BCUT2D eigenvalue weighted by molar-refractivity contribution is 5.67. The third-order valence-corrected chi connectivity index (χ3v) is 4.22. The molecule has 27 heavy (non-hydrogen) atoms. The maximum Gasteiger partial charge on any atom is 0.135 e. The molecule has 0 radical (unpaired) electrons. The predicted octanol–water partition coefficient (Wildman–Crippen LogP) is 4.26. The fraction of sp³-hybridized carbons (Fsp3) is 0.0455. The average molecular weight is 349 g/mol. The summed E-state index contributed by atoms with van der Waals surface area (Å²) < 4.78 is 0. The summed E-state index contributed by atoms with van der Waals surface area (Å²) in [6.07, 6.45) is 6.47. The van der Waals surface area contributed by atoms with Gasteiger partial charge in [-0.15, -0.1) is 0 Å². The molecule has 0 aliphatic rings. The Hall–Kier alpha value is -3.91. The van der Waals surface area contributed by atoms with Gasteiger partial charge in [0.1, 0.15) is 5.92 Å². The van der Waals surface area contributed by atoms with E-state index in [1.165, 1.54) is 0 Å². The molecule has 0 fully saturated rings. The van der Waals surface area contributed by atoms with Gasteiger partial charge in [-0.2, -0.15) is 5.26 Å². The average Bonchev–Trinajstić information content (AvgIpc) is 2.76. The second-order valence-corrected chi connectivity index (χ2v) is 5.87. The molecule has 0 amide bonds. The number of hydrogen-bond acceptors (Lipinski definition) is 5. The molecule has 0 saturated heterocycles. The third kappa shape index (κ3) is 3.29. The minimum Gasteiger partial charge on any atom is -0.256 e. The molecule has 2 heterocycles. The van der Waals surface area contributed by atoms with Crippen molar-refractivity contribution in [3.8, 4) is 28.6 Å². The van der Waals surface area contributed by atoms with Crippen LogP contribution in [-0.2, 0) is 0 Å². The van der Waals surface area contributed by atoms with Crippen molar-refractivity contribution < 1.29 is 0 Å². The molecule has 2 aromatic heterocycles. The van der Waals surface area contributed by atoms with E-state index >= 15 is 0 Å². The summed E-state index contributed by atoms with van der Waals surface area (Å²) in [6, 6.07) is 21.8. The smallest absolute Gasteiger partial charge is 0.135 e. The Morgan fingerprint density at radius 1 is 0.593 bits per heavy atom. The first kappa shape index (κ1) is 16.6. The van der Waals surface area contributed by atoms with Gasteiger partial charge in [0.25, 0.3) is 0 Å². The zero-order chi connectivity index (χ0) is 18.5. The molecule has 0 aliphatic heterocycles. The lowest BCUT2D eigenvalue weighted by atomic mass is 9.94. The van der Waals surface area contributed by atoms with E-state index in [2.05, 4.69) is 26.0 Å². The van der Waals surface area contributed by atoms with E-state index in [1.54, 1.807) is 24.8 Å². The Morgan fingerprint density at radius 2 is 1.00 bits per heavy atom. The van der Waals surface area contributed by atoms with Crippen LogP contribution >= 0.6 is 0 Å². The predicted molar refractivity (Wildman–Crippen MR) is 102 cm³/mol. The molecule has 0 saturated carbocycles. The van der Waals surface area contributed by atoms with Gasteiger partial charge in [0, 0.05) is 35.9 Å². The Bertz CT molecular complexity index is 1010. The van der Waals surface area contributed by atoms with Crippen LogP contribution in [-0.4, -0.2) is 19.9 Å². The molecule has 0 N–H and O–H groups in total. The molecule has 0 aliphatic carbocycles. The highest BCUT2D eigenvalue weighted by Gasteiger charge is 2.25. The lowest BCUT2D eigenvalue weighted by molar-refractivity contribution is 0.895. The zero-order valence-corrected chi connectivity index (χ0v) is 14.4. The molecule has 128 valence electrons. The molecule has 5 heteroatoms. The second kappa shape index (κ2) is 7.54. The molecule has 0 spiro atoms. The van der Waals surface area contributed by atoms with Gasteiger partial charge >= 0.3 is 0 Å². The molecule has 0 unspecified atom stereocenters. The molecular weight excluding hydrogens is 334 g/mol. The van der Waals surface area contributed by atoms with Crippen molar-refractivity contribution in [3.05, 3.63) is 96.8 Å². The standard InChI is InChI=1S/C22H15N5/c23-15-18(21-19(24-11-13-26-21)16-7-3-1-4-8-16)22-20(25-12-14-27-22)17-9-5-2-6-10-17/h1-14,18H. The maximum atomic E-state index is 9.99. The number of hydrogen-bond donors (Lipinski definition) is 0. The van der Waals surface area contributed by atoms with Crippen molar-refractivity contribution in [1.82, 2.24) is 19.9 Å². The van der Waals surface area contributed by atoms with Crippen LogP contribution in [0.3, 0.4) is 0 Å². The summed E-state index contributed by atoms with van der Waals surface area (Å²) in [5.74, 6) is -0.683. The molecule has 4 aromatic rings. The number of rotatable bonds is 4. The summed E-state index contributed by atoms with van der Waals surface area (Å²) in [6.45, 7) is 0. The van der Waals surface area contributed by atoms with Crippen LogP contribution in [0.4, 0.5) is 0 Å². The van der Waals surface area contributed by atoms with Crippen LogP contribution in [0.15, 0.2) is 85.5 Å². The monoisotopic (exact) mass is 349 g/mol. The lowest BCUT2D eigenvalue weighted by Gasteiger charge is -2.15. The van der Waals surface area contributed by atoms with Crippen LogP contribution in [0.1, 0.15) is 17.3 Å². The molecule has 5 nitrogen and oxygen atoms in total. The minimum atomic E-state index is -0.683. The lowest BCUT2D eigenvalue weighted by Crippen LogP contribution is -2.09. The van der Waals surface area contributed by atoms with Gasteiger partial charge in [0.15, 0.2) is 0 Å². The van der Waals surface area contributed by atoms with Gasteiger partial charge in [-0.3, -0.25) is 19.9 Å². The maximum absolute atomic E-state index is 9.99. The zero-order valence-electron chi connectivity index (χ0n) is 14.4. The van der Waals surface area contributed by atoms with Crippen molar-refractivity contribution in [2.45, 2.75) is 5.92 Å².